The van der Waals surface area contributed by atoms with Gasteiger partial charge in [0, 0.05) is 21.7 Å². The molecule has 0 unspecified atom stereocenters. The molecule has 0 aliphatic rings. The molecule has 0 spiro atoms. The summed E-state index contributed by atoms with van der Waals surface area (Å²) in [5.41, 5.74) is -7.97. The molecule has 2 aromatic heterocycles. The van der Waals surface area contributed by atoms with Crippen LogP contribution in [0.25, 0.3) is 55.2 Å². The van der Waals surface area contributed by atoms with Gasteiger partial charge in [-0.2, -0.15) is 39.5 Å². The molecular weight excluding hydrogens is 563 g/mol. The van der Waals surface area contributed by atoms with Crippen molar-refractivity contribution < 1.29 is 43.9 Å². The Hall–Kier alpha value is -4.61. The van der Waals surface area contributed by atoms with Crippen LogP contribution in [0.3, 0.4) is 0 Å². The van der Waals surface area contributed by atoms with Gasteiger partial charge in [0.05, 0.1) is 16.7 Å². The molecule has 6 rings (SSSR count). The lowest BCUT2D eigenvalue weighted by molar-refractivity contribution is -0.163. The van der Waals surface area contributed by atoms with Crippen LogP contribution in [0.15, 0.2) is 83.3 Å². The summed E-state index contributed by atoms with van der Waals surface area (Å²) in [6, 6.07) is 17.5. The van der Waals surface area contributed by atoms with Gasteiger partial charge in [0.15, 0.2) is 5.76 Å². The highest BCUT2D eigenvalue weighted by atomic mass is 19.4. The van der Waals surface area contributed by atoms with E-state index in [2.05, 4.69) is 10.2 Å². The van der Waals surface area contributed by atoms with Crippen molar-refractivity contribution in [3.8, 4) is 22.7 Å². The maximum atomic E-state index is 14.1. The lowest BCUT2D eigenvalue weighted by Gasteiger charge is -2.21. The molecule has 0 bridgehead atoms. The van der Waals surface area contributed by atoms with E-state index in [-0.39, 0.29) is 28.3 Å². The van der Waals surface area contributed by atoms with Crippen molar-refractivity contribution in [1.29, 1.82) is 0 Å². The van der Waals surface area contributed by atoms with Crippen molar-refractivity contribution in [2.24, 2.45) is 0 Å². The quantitative estimate of drug-likeness (QED) is 0.152. The molecule has 41 heavy (non-hydrogen) atoms. The van der Waals surface area contributed by atoms with Gasteiger partial charge in [0.2, 0.25) is 0 Å². The Morgan fingerprint density at radius 3 is 1.54 bits per heavy atom. The SMILES string of the molecule is FC(F)(F)c1cc(C(F)(F)F)c(C(F)(F)F)cc1-c1nnc(-c2cc3ccccc3o2)c2cc3ccccc3cc12. The van der Waals surface area contributed by atoms with Crippen molar-refractivity contribution in [2.45, 2.75) is 18.5 Å². The fraction of sp³-hybridized carbons (Fsp3) is 0.103. The van der Waals surface area contributed by atoms with Crippen molar-refractivity contribution in [3.63, 3.8) is 0 Å². The molecule has 0 aliphatic heterocycles. The zero-order chi connectivity index (χ0) is 29.3. The van der Waals surface area contributed by atoms with Crippen molar-refractivity contribution in [3.05, 3.63) is 95.6 Å². The second kappa shape index (κ2) is 8.95. The summed E-state index contributed by atoms with van der Waals surface area (Å²) < 4.78 is 130. The van der Waals surface area contributed by atoms with Gasteiger partial charge in [0.25, 0.3) is 0 Å². The van der Waals surface area contributed by atoms with Crippen LogP contribution >= 0.6 is 0 Å². The Morgan fingerprint density at radius 2 is 0.976 bits per heavy atom. The number of benzene rings is 4. The first kappa shape index (κ1) is 26.6. The van der Waals surface area contributed by atoms with Crippen LogP contribution in [0.2, 0.25) is 0 Å². The van der Waals surface area contributed by atoms with Crippen LogP contribution in [0, 0.1) is 0 Å². The molecule has 0 radical (unpaired) electrons. The molecule has 0 saturated carbocycles. The first-order valence-corrected chi connectivity index (χ1v) is 11.8. The number of furan rings is 1. The zero-order valence-corrected chi connectivity index (χ0v) is 20.2. The Kier molecular flexibility index (Phi) is 5.81. The second-order valence-electron chi connectivity index (χ2n) is 9.23. The minimum atomic E-state index is -5.71. The van der Waals surface area contributed by atoms with Crippen LogP contribution in [0.1, 0.15) is 16.7 Å². The minimum Gasteiger partial charge on any atom is -0.454 e. The third-order valence-corrected chi connectivity index (χ3v) is 6.63. The molecule has 0 N–H and O–H groups in total. The Bertz CT molecular complexity index is 1940. The van der Waals surface area contributed by atoms with E-state index >= 15 is 0 Å². The van der Waals surface area contributed by atoms with E-state index in [0.29, 0.717) is 21.7 Å². The molecule has 3 nitrogen and oxygen atoms in total. The van der Waals surface area contributed by atoms with E-state index in [9.17, 15) is 39.5 Å². The van der Waals surface area contributed by atoms with Gasteiger partial charge in [-0.1, -0.05) is 42.5 Å². The molecule has 2 heterocycles. The lowest BCUT2D eigenvalue weighted by atomic mass is 9.92. The Labute approximate surface area is 223 Å². The van der Waals surface area contributed by atoms with Crippen molar-refractivity contribution >= 4 is 32.5 Å². The van der Waals surface area contributed by atoms with Crippen molar-refractivity contribution in [2.75, 3.05) is 0 Å². The van der Waals surface area contributed by atoms with E-state index in [1.807, 2.05) is 0 Å². The Balaban J connectivity index is 1.73. The number of nitrogens with zero attached hydrogens (tertiary/aromatic N) is 2. The van der Waals surface area contributed by atoms with Gasteiger partial charge in [-0.15, -0.1) is 10.2 Å². The Morgan fingerprint density at radius 1 is 0.488 bits per heavy atom. The summed E-state index contributed by atoms with van der Waals surface area (Å²) in [6.07, 6.45) is -16.8. The van der Waals surface area contributed by atoms with Crippen LogP contribution in [-0.4, -0.2) is 10.2 Å². The molecule has 0 atom stereocenters. The van der Waals surface area contributed by atoms with E-state index in [1.54, 1.807) is 60.7 Å². The van der Waals surface area contributed by atoms with Crippen LogP contribution in [0.5, 0.6) is 0 Å². The van der Waals surface area contributed by atoms with Gasteiger partial charge in [-0.3, -0.25) is 0 Å². The average molecular weight is 576 g/mol. The largest absolute Gasteiger partial charge is 0.454 e. The van der Waals surface area contributed by atoms with Gasteiger partial charge in [-0.05, 0) is 47.2 Å². The van der Waals surface area contributed by atoms with Crippen LogP contribution in [-0.2, 0) is 18.5 Å². The summed E-state index contributed by atoms with van der Waals surface area (Å²) in [5.74, 6) is 0.185. The highest BCUT2D eigenvalue weighted by Gasteiger charge is 2.47. The summed E-state index contributed by atoms with van der Waals surface area (Å²) in [6.45, 7) is 0. The lowest BCUT2D eigenvalue weighted by Crippen LogP contribution is -2.20. The fourth-order valence-corrected chi connectivity index (χ4v) is 4.82. The van der Waals surface area contributed by atoms with Gasteiger partial charge in [0.1, 0.15) is 17.0 Å². The average Bonchev–Trinajstić information content (AvgIpc) is 3.33. The molecule has 0 amide bonds. The zero-order valence-electron chi connectivity index (χ0n) is 20.2. The predicted molar refractivity (Wildman–Crippen MR) is 133 cm³/mol. The summed E-state index contributed by atoms with van der Waals surface area (Å²) >= 11 is 0. The standard InChI is InChI=1S/C29H13F9N2O/c30-27(31,32)20-13-22(29(36,37)38)21(28(33,34)35)12-19(20)25-17-9-14-5-1-2-6-15(14)10-18(17)26(40-39-25)24-11-16-7-3-4-8-23(16)41-24/h1-13H. The number of alkyl halides is 9. The molecule has 0 aliphatic carbocycles. The highest BCUT2D eigenvalue weighted by molar-refractivity contribution is 6.08. The minimum absolute atomic E-state index is 0.0625. The number of fused-ring (bicyclic) bond motifs is 3. The number of hydrogen-bond acceptors (Lipinski definition) is 3. The first-order valence-electron chi connectivity index (χ1n) is 11.8. The number of aromatic nitrogens is 2. The summed E-state index contributed by atoms with van der Waals surface area (Å²) in [5, 5.41) is 9.80. The molecular formula is C29H13F9N2O. The summed E-state index contributed by atoms with van der Waals surface area (Å²) in [4.78, 5) is 0. The van der Waals surface area contributed by atoms with Gasteiger partial charge in [-0.25, -0.2) is 0 Å². The third-order valence-electron chi connectivity index (χ3n) is 6.63. The molecule has 4 aromatic carbocycles. The van der Waals surface area contributed by atoms with E-state index in [0.717, 1.165) is 0 Å². The van der Waals surface area contributed by atoms with E-state index in [4.69, 9.17) is 4.42 Å². The van der Waals surface area contributed by atoms with Gasteiger partial charge < -0.3 is 4.42 Å². The number of para-hydroxylation sites is 1. The van der Waals surface area contributed by atoms with Gasteiger partial charge >= 0.3 is 18.5 Å². The van der Waals surface area contributed by atoms with Crippen LogP contribution < -0.4 is 0 Å². The maximum Gasteiger partial charge on any atom is 0.417 e. The maximum absolute atomic E-state index is 14.1. The fourth-order valence-electron chi connectivity index (χ4n) is 4.82. The van der Waals surface area contributed by atoms with Crippen molar-refractivity contribution in [1.82, 2.24) is 10.2 Å². The molecule has 208 valence electrons. The smallest absolute Gasteiger partial charge is 0.417 e. The van der Waals surface area contributed by atoms with Crippen LogP contribution in [0.4, 0.5) is 39.5 Å². The monoisotopic (exact) mass is 576 g/mol. The molecule has 0 saturated heterocycles. The molecule has 6 aromatic rings. The summed E-state index contributed by atoms with van der Waals surface area (Å²) in [7, 11) is 0. The van der Waals surface area contributed by atoms with E-state index < -0.39 is 52.5 Å². The second-order valence-corrected chi connectivity index (χ2v) is 9.23. The number of rotatable bonds is 2. The number of hydrogen-bond donors (Lipinski definition) is 0. The third kappa shape index (κ3) is 4.62. The molecule has 0 fully saturated rings. The predicted octanol–water partition coefficient (Wildman–Crippen LogP) is 9.92. The molecule has 12 heteroatoms. The number of halogens is 9. The first-order chi connectivity index (χ1) is 19.2. The topological polar surface area (TPSA) is 38.9 Å². The van der Waals surface area contributed by atoms with E-state index in [1.165, 1.54) is 6.07 Å². The normalized spacial score (nSPS) is 13.0. The highest BCUT2D eigenvalue weighted by Crippen LogP contribution is 2.48.